The van der Waals surface area contributed by atoms with Crippen LogP contribution in [0.15, 0.2) is 72.8 Å². The zero-order chi connectivity index (χ0) is 18.6. The lowest BCUT2D eigenvalue weighted by Crippen LogP contribution is -2.39. The van der Waals surface area contributed by atoms with Crippen molar-refractivity contribution >= 4 is 34.8 Å². The van der Waals surface area contributed by atoms with Gasteiger partial charge in [0, 0.05) is 18.1 Å². The molecule has 1 atom stereocenters. The summed E-state index contributed by atoms with van der Waals surface area (Å²) in [6, 6.07) is 22.3. The van der Waals surface area contributed by atoms with E-state index in [2.05, 4.69) is 5.32 Å². The number of benzene rings is 3. The summed E-state index contributed by atoms with van der Waals surface area (Å²) in [7, 11) is 0. The maximum Gasteiger partial charge on any atom is 0.127 e. The molecule has 0 bridgehead atoms. The minimum atomic E-state index is -1.18. The maximum atomic E-state index is 11.5. The van der Waals surface area contributed by atoms with Gasteiger partial charge in [0.05, 0.1) is 10.0 Å². The van der Waals surface area contributed by atoms with E-state index in [0.29, 0.717) is 28.2 Å². The van der Waals surface area contributed by atoms with E-state index in [4.69, 9.17) is 34.8 Å². The average molecular weight is 407 g/mol. The van der Waals surface area contributed by atoms with Crippen LogP contribution in [-0.4, -0.2) is 11.7 Å². The predicted molar refractivity (Wildman–Crippen MR) is 109 cm³/mol. The Bertz CT molecular complexity index is 868. The van der Waals surface area contributed by atoms with Crippen molar-refractivity contribution in [2.24, 2.45) is 0 Å². The van der Waals surface area contributed by atoms with Crippen molar-refractivity contribution in [1.82, 2.24) is 5.32 Å². The molecule has 3 aromatic carbocycles. The van der Waals surface area contributed by atoms with E-state index in [1.807, 2.05) is 54.6 Å². The van der Waals surface area contributed by atoms with E-state index in [1.165, 1.54) is 0 Å². The SMILES string of the molecule is OC(CNCc1ccc(Cl)c(Cl)c1)(c1ccccc1)c1ccc(Cl)cc1. The zero-order valence-corrected chi connectivity index (χ0v) is 16.2. The molecule has 0 aliphatic rings. The van der Waals surface area contributed by atoms with Crippen LogP contribution in [0.5, 0.6) is 0 Å². The molecule has 1 unspecified atom stereocenters. The van der Waals surface area contributed by atoms with Gasteiger partial charge in [-0.25, -0.2) is 0 Å². The Morgan fingerprint density at radius 2 is 1.42 bits per heavy atom. The second-order valence-electron chi connectivity index (χ2n) is 6.09. The van der Waals surface area contributed by atoms with Crippen LogP contribution in [-0.2, 0) is 12.1 Å². The summed E-state index contributed by atoms with van der Waals surface area (Å²) in [6.45, 7) is 0.887. The molecule has 0 aromatic heterocycles. The van der Waals surface area contributed by atoms with E-state index in [1.54, 1.807) is 18.2 Å². The molecular formula is C21H18Cl3NO. The molecule has 0 spiro atoms. The van der Waals surface area contributed by atoms with Crippen molar-refractivity contribution in [3.8, 4) is 0 Å². The summed E-state index contributed by atoms with van der Waals surface area (Å²) in [6.07, 6.45) is 0. The van der Waals surface area contributed by atoms with Crippen molar-refractivity contribution in [2.75, 3.05) is 6.54 Å². The normalized spacial score (nSPS) is 13.4. The lowest BCUT2D eigenvalue weighted by Gasteiger charge is -2.30. The molecule has 0 aliphatic carbocycles. The first-order valence-corrected chi connectivity index (χ1v) is 9.31. The molecule has 0 radical (unpaired) electrons. The first-order chi connectivity index (χ1) is 12.5. The Labute approximate surface area is 168 Å². The quantitative estimate of drug-likeness (QED) is 0.552. The minimum absolute atomic E-state index is 0.332. The van der Waals surface area contributed by atoms with E-state index in [0.717, 1.165) is 16.7 Å². The van der Waals surface area contributed by atoms with E-state index >= 15 is 0 Å². The highest BCUT2D eigenvalue weighted by Crippen LogP contribution is 2.30. The fraction of sp³-hybridized carbons (Fsp3) is 0.143. The Kier molecular flexibility index (Phi) is 6.23. The molecule has 5 heteroatoms. The summed E-state index contributed by atoms with van der Waals surface area (Å²) in [5.41, 5.74) is 1.40. The maximum absolute atomic E-state index is 11.5. The standard InChI is InChI=1S/C21H18Cl3NO/c22-18-9-7-17(8-10-18)21(26,16-4-2-1-3-5-16)14-25-13-15-6-11-19(23)20(24)12-15/h1-12,25-26H,13-14H2. The van der Waals surface area contributed by atoms with Crippen molar-refractivity contribution in [2.45, 2.75) is 12.1 Å². The Morgan fingerprint density at radius 1 is 0.769 bits per heavy atom. The van der Waals surface area contributed by atoms with Gasteiger partial charge < -0.3 is 10.4 Å². The van der Waals surface area contributed by atoms with Crippen LogP contribution < -0.4 is 5.32 Å². The first kappa shape index (κ1) is 19.2. The van der Waals surface area contributed by atoms with E-state index < -0.39 is 5.60 Å². The van der Waals surface area contributed by atoms with E-state index in [9.17, 15) is 5.11 Å². The van der Waals surface area contributed by atoms with Gasteiger partial charge in [-0.15, -0.1) is 0 Å². The third-order valence-corrected chi connectivity index (χ3v) is 5.26. The monoisotopic (exact) mass is 405 g/mol. The highest BCUT2D eigenvalue weighted by molar-refractivity contribution is 6.42. The lowest BCUT2D eigenvalue weighted by atomic mass is 9.86. The second-order valence-corrected chi connectivity index (χ2v) is 7.34. The smallest absolute Gasteiger partial charge is 0.127 e. The fourth-order valence-corrected chi connectivity index (χ4v) is 3.29. The third kappa shape index (κ3) is 4.40. The van der Waals surface area contributed by atoms with Crippen LogP contribution in [0.4, 0.5) is 0 Å². The van der Waals surface area contributed by atoms with Gasteiger partial charge in [-0.2, -0.15) is 0 Å². The second kappa shape index (κ2) is 8.43. The van der Waals surface area contributed by atoms with Gasteiger partial charge in [-0.05, 0) is 41.0 Å². The molecule has 0 aliphatic heterocycles. The molecule has 0 heterocycles. The number of hydrogen-bond acceptors (Lipinski definition) is 2. The van der Waals surface area contributed by atoms with Crippen LogP contribution in [0, 0.1) is 0 Å². The summed E-state index contributed by atoms with van der Waals surface area (Å²) in [5, 5.41) is 16.5. The molecule has 134 valence electrons. The largest absolute Gasteiger partial charge is 0.379 e. The Balaban J connectivity index is 1.82. The highest BCUT2D eigenvalue weighted by Gasteiger charge is 2.31. The van der Waals surface area contributed by atoms with Crippen molar-refractivity contribution in [1.29, 1.82) is 0 Å². The van der Waals surface area contributed by atoms with Crippen molar-refractivity contribution in [3.63, 3.8) is 0 Å². The summed E-state index contributed by atoms with van der Waals surface area (Å²) >= 11 is 18.0. The van der Waals surface area contributed by atoms with Gasteiger partial charge in [0.1, 0.15) is 5.60 Å². The first-order valence-electron chi connectivity index (χ1n) is 8.17. The molecule has 3 aromatic rings. The van der Waals surface area contributed by atoms with Gasteiger partial charge in [-0.1, -0.05) is 83.3 Å². The minimum Gasteiger partial charge on any atom is -0.379 e. The predicted octanol–water partition coefficient (Wildman–Crippen LogP) is 5.67. The van der Waals surface area contributed by atoms with Gasteiger partial charge in [0.2, 0.25) is 0 Å². The average Bonchev–Trinajstić information content (AvgIpc) is 2.66. The highest BCUT2D eigenvalue weighted by atomic mass is 35.5. The van der Waals surface area contributed by atoms with Crippen molar-refractivity contribution < 1.29 is 5.11 Å². The number of halogens is 3. The summed E-state index contributed by atoms with van der Waals surface area (Å²) in [5.74, 6) is 0. The van der Waals surface area contributed by atoms with Crippen LogP contribution in [0.1, 0.15) is 16.7 Å². The van der Waals surface area contributed by atoms with Crippen molar-refractivity contribution in [3.05, 3.63) is 105 Å². The van der Waals surface area contributed by atoms with Crippen LogP contribution >= 0.6 is 34.8 Å². The van der Waals surface area contributed by atoms with Crippen LogP contribution in [0.3, 0.4) is 0 Å². The number of aliphatic hydroxyl groups is 1. The molecule has 0 saturated carbocycles. The molecular weight excluding hydrogens is 389 g/mol. The van der Waals surface area contributed by atoms with Gasteiger partial charge >= 0.3 is 0 Å². The molecule has 2 N–H and O–H groups in total. The molecule has 0 fully saturated rings. The topological polar surface area (TPSA) is 32.3 Å². The molecule has 2 nitrogen and oxygen atoms in total. The lowest BCUT2D eigenvalue weighted by molar-refractivity contribution is 0.0796. The Morgan fingerprint density at radius 3 is 2.08 bits per heavy atom. The number of rotatable bonds is 6. The molecule has 0 saturated heterocycles. The van der Waals surface area contributed by atoms with Crippen LogP contribution in [0.25, 0.3) is 0 Å². The summed E-state index contributed by atoms with van der Waals surface area (Å²) in [4.78, 5) is 0. The third-order valence-electron chi connectivity index (χ3n) is 4.27. The number of nitrogens with one attached hydrogen (secondary N) is 1. The van der Waals surface area contributed by atoms with Gasteiger partial charge in [0.15, 0.2) is 0 Å². The Hall–Kier alpha value is -1.55. The summed E-state index contributed by atoms with van der Waals surface area (Å²) < 4.78 is 0. The van der Waals surface area contributed by atoms with Gasteiger partial charge in [0.25, 0.3) is 0 Å². The molecule has 26 heavy (non-hydrogen) atoms. The molecule has 3 rings (SSSR count). The van der Waals surface area contributed by atoms with Gasteiger partial charge in [-0.3, -0.25) is 0 Å². The fourth-order valence-electron chi connectivity index (χ4n) is 2.85. The zero-order valence-electron chi connectivity index (χ0n) is 13.9. The van der Waals surface area contributed by atoms with Crippen LogP contribution in [0.2, 0.25) is 15.1 Å². The molecule has 0 amide bonds. The van der Waals surface area contributed by atoms with E-state index in [-0.39, 0.29) is 0 Å². The number of hydrogen-bond donors (Lipinski definition) is 2.